The van der Waals surface area contributed by atoms with Crippen LogP contribution in [0.2, 0.25) is 0 Å². The van der Waals surface area contributed by atoms with Crippen molar-refractivity contribution in [1.82, 2.24) is 31.9 Å². The number of carbonyl (C=O) groups excluding carboxylic acids is 6. The van der Waals surface area contributed by atoms with Gasteiger partial charge in [-0.2, -0.15) is 0 Å². The van der Waals surface area contributed by atoms with E-state index in [1.165, 1.54) is 0 Å². The normalized spacial score (nSPS) is 41.9. The Morgan fingerprint density at radius 1 is 0.277 bits per heavy atom. The summed E-state index contributed by atoms with van der Waals surface area (Å²) in [5, 5.41) is 387. The summed E-state index contributed by atoms with van der Waals surface area (Å²) in [5.74, 6) is -37.1. The van der Waals surface area contributed by atoms with Crippen molar-refractivity contribution in [2.24, 2.45) is 0 Å². The standard InChI is InChI=1S/C81H130N6O61/c1-21(97)82-41-27(103)7-77(72(122)123,142-61(41)47(110)32(108)12-88)139-36(16-92)51(114)63-43(84-23(3)99)29(105)9-79(144-63,74(126)127)141-38(18-94)53(116)65-45(86-25(5)101)31(107)11-81(146-65,76(130)131)148-67-57(120)71(136-58-39(19-95)132-68(121)55(118)54(58)117)135-40(20-96)59(67)137-69-46(87-26(6)102)60(49(112)34(14-90)133-69)138-70-56(119)66(50(113)35(15-91)134-70)147-80(75(128)129)10-30(106)44(85-24(4)100)64(145-80)52(115)37(17-93)140-78(73(124)125)8-28(104)42(83-22(2)98)62(143-78)48(111)33(109)13-89/h27-71,88-96,103-121H,7-20H2,1-6H3,(H,82,97)(H,83,98)(H,84,99)(H,85,100)(H,86,101)(H,87,102)(H,122,123)(H,124,125)(H,126,127)(H,128,129)(H,130,131)/t27-,28-,29-,30-,31-,32+,33+,34+,35+,36+,37+,38+,39+,40+,41+,42+,43+,44+,45+,46+,47+,48+,49-,50-,51+,52+,53+,54+,55+,56+,57+,58+,59-,60+,61+,62+,63+,64+,65+,66-,67+,68-,69-,70-,71-,77+,78+,79+,80-,81-/m0/s1. The molecular formula is C81H130N6O61. The zero-order valence-corrected chi connectivity index (χ0v) is 79.1. The number of hydrogen-bond donors (Lipinski definition) is 39. The average molecular weight is 2160 g/mol. The zero-order chi connectivity index (χ0) is 111. The first-order valence-corrected chi connectivity index (χ1v) is 45.8. The third-order valence-electron chi connectivity index (χ3n) is 26.1. The summed E-state index contributed by atoms with van der Waals surface area (Å²) in [6.07, 6.45) is -107. The van der Waals surface area contributed by atoms with Gasteiger partial charge in [0.05, 0.1) is 120 Å². The van der Waals surface area contributed by atoms with Crippen LogP contribution >= 0.6 is 0 Å². The molecule has 0 unspecified atom stereocenters. The van der Waals surface area contributed by atoms with Gasteiger partial charge < -0.3 is 281 Å². The molecule has 9 saturated heterocycles. The molecule has 0 aromatic heterocycles. The lowest BCUT2D eigenvalue weighted by molar-refractivity contribution is -0.405. The molecule has 0 saturated carbocycles. The van der Waals surface area contributed by atoms with Gasteiger partial charge in [-0.3, -0.25) is 28.8 Å². The predicted octanol–water partition coefficient (Wildman–Crippen LogP) is -23.7. The number of rotatable bonds is 46. The van der Waals surface area contributed by atoms with E-state index in [1.54, 1.807) is 0 Å². The summed E-state index contributed by atoms with van der Waals surface area (Å²) >= 11 is 0. The average Bonchev–Trinajstić information content (AvgIpc) is 0.747. The smallest absolute Gasteiger partial charge is 0.364 e. The first kappa shape index (κ1) is 124. The van der Waals surface area contributed by atoms with Crippen molar-refractivity contribution in [1.29, 1.82) is 0 Å². The number of carboxylic acid groups (broad SMARTS) is 5. The maximum absolute atomic E-state index is 14.6. The Hall–Kier alpha value is -7.63. The number of amides is 6. The molecule has 9 fully saturated rings. The number of carboxylic acids is 5. The molecule has 9 aliphatic rings. The Balaban J connectivity index is 1.09. The first-order chi connectivity index (χ1) is 69.2. The van der Waals surface area contributed by atoms with Gasteiger partial charge in [0.25, 0.3) is 28.9 Å². The van der Waals surface area contributed by atoms with Crippen LogP contribution in [-0.4, -0.2) is 597 Å². The fraction of sp³-hybridized carbons (Fsp3) is 0.864. The fourth-order valence-electron chi connectivity index (χ4n) is 18.9. The topological polar surface area (TPSA) is 1080 Å². The molecule has 9 heterocycles. The molecule has 0 bridgehead atoms. The second-order valence-electron chi connectivity index (χ2n) is 36.7. The molecular weight excluding hydrogens is 2030 g/mol. The minimum Gasteiger partial charge on any atom is -0.477 e. The van der Waals surface area contributed by atoms with Gasteiger partial charge in [-0.1, -0.05) is 0 Å². The van der Waals surface area contributed by atoms with E-state index in [0.717, 1.165) is 41.5 Å². The van der Waals surface area contributed by atoms with Crippen molar-refractivity contribution in [3.05, 3.63) is 0 Å². The molecule has 0 spiro atoms. The Bertz CT molecular complexity index is 4450. The van der Waals surface area contributed by atoms with Crippen LogP contribution in [0, 0.1) is 0 Å². The molecule has 148 heavy (non-hydrogen) atoms. The number of carbonyl (C=O) groups is 11. The van der Waals surface area contributed by atoms with E-state index >= 15 is 0 Å². The van der Waals surface area contributed by atoms with Crippen molar-refractivity contribution >= 4 is 65.3 Å². The molecule has 9 aliphatic heterocycles. The van der Waals surface area contributed by atoms with Crippen molar-refractivity contribution in [2.45, 2.75) is 378 Å². The summed E-state index contributed by atoms with van der Waals surface area (Å²) in [6, 6.07) is -12.9. The molecule has 67 nitrogen and oxygen atoms in total. The van der Waals surface area contributed by atoms with Crippen molar-refractivity contribution in [3.8, 4) is 0 Å². The molecule has 67 heteroatoms. The van der Waals surface area contributed by atoms with E-state index in [-0.39, 0.29) is 0 Å². The second-order valence-corrected chi connectivity index (χ2v) is 36.7. The Labute approximate surface area is 833 Å². The van der Waals surface area contributed by atoms with E-state index in [4.69, 9.17) is 80.5 Å². The summed E-state index contributed by atoms with van der Waals surface area (Å²) in [7, 11) is 0. The van der Waals surface area contributed by atoms with E-state index in [2.05, 4.69) is 31.9 Å². The molecule has 50 atom stereocenters. The fourth-order valence-corrected chi connectivity index (χ4v) is 18.9. The maximum Gasteiger partial charge on any atom is 0.364 e. The van der Waals surface area contributed by atoms with Gasteiger partial charge in [-0.05, 0) is 0 Å². The van der Waals surface area contributed by atoms with E-state index in [1.807, 2.05) is 0 Å². The van der Waals surface area contributed by atoms with Crippen LogP contribution in [0.4, 0.5) is 0 Å². The number of aliphatic carboxylic acids is 5. The van der Waals surface area contributed by atoms with Crippen LogP contribution < -0.4 is 31.9 Å². The minimum atomic E-state index is -3.95. The Kier molecular flexibility index (Phi) is 43.2. The third-order valence-corrected chi connectivity index (χ3v) is 26.1. The Morgan fingerprint density at radius 2 is 0.527 bits per heavy atom. The number of nitrogens with one attached hydrogen (secondary N) is 6. The molecule has 0 aromatic carbocycles. The van der Waals surface area contributed by atoms with E-state index < -0.39 is 461 Å². The van der Waals surface area contributed by atoms with Crippen LogP contribution in [0.25, 0.3) is 0 Å². The summed E-state index contributed by atoms with van der Waals surface area (Å²) < 4.78 is 99.4. The predicted molar refractivity (Wildman–Crippen MR) is 453 cm³/mol. The minimum absolute atomic E-state index is 0.726. The highest BCUT2D eigenvalue weighted by molar-refractivity contribution is 5.80. The van der Waals surface area contributed by atoms with Crippen LogP contribution in [0.1, 0.15) is 73.6 Å². The van der Waals surface area contributed by atoms with Gasteiger partial charge in [0.2, 0.25) is 35.4 Å². The van der Waals surface area contributed by atoms with Crippen LogP contribution in [0.3, 0.4) is 0 Å². The number of aliphatic hydroxyl groups excluding tert-OH is 28. The molecule has 850 valence electrons. The lowest BCUT2D eigenvalue weighted by Gasteiger charge is -2.53. The molecule has 0 radical (unpaired) electrons. The van der Waals surface area contributed by atoms with Crippen LogP contribution in [-0.2, 0) is 133 Å². The second kappa shape index (κ2) is 51.6. The molecule has 9 rings (SSSR count). The third kappa shape index (κ3) is 26.9. The number of ether oxygens (including phenoxy) is 17. The summed E-state index contributed by atoms with van der Waals surface area (Å²) in [6.45, 7) is -8.70. The van der Waals surface area contributed by atoms with Crippen molar-refractivity contribution in [3.63, 3.8) is 0 Å². The van der Waals surface area contributed by atoms with Crippen molar-refractivity contribution in [2.75, 3.05) is 59.5 Å². The lowest BCUT2D eigenvalue weighted by atomic mass is 9.86. The highest BCUT2D eigenvalue weighted by Gasteiger charge is 2.69. The highest BCUT2D eigenvalue weighted by Crippen LogP contribution is 2.47. The van der Waals surface area contributed by atoms with Gasteiger partial charge in [0.1, 0.15) is 189 Å². The van der Waals surface area contributed by atoms with E-state index in [0.29, 0.717) is 0 Å². The van der Waals surface area contributed by atoms with Gasteiger partial charge >= 0.3 is 29.8 Å². The SMILES string of the molecule is CC(=O)N[C@H]1[C@H](O[C@@H]2[C@H](O[C@]3(C(=O)O)C[C@H](O)[C@@H](NC(C)=O)[C@H]([C@H](O)[C@@H](CO)O[C@]4(C(=O)O)C[C@H](O)[C@@H](NC(C)=O)[C@H]([C@H](O)[C@@H](CO)O[C@]5(C(=O)O)C[C@H](O)[C@@H](NC(C)=O)[C@H]([C@H](O)[C@H](O)CO)O5)O4)O3)[C@@H](O)[C@H](O[C@H]3[C@H](O)[C@@H](O)[C@@H](O)O[C@@H]3CO)O[C@@H]2CO)O[C@H](CO)[C@H](O)[C@@H]1O[C@@H]1O[C@H](CO)[C@H](O)[C@H](O[C@]2(C(=O)O)C[C@H](O)[C@@H](NC(C)=O)[C@H]([C@H](O)[C@@H](CO)O[C@]3(C(=O)O)C[C@H](O)[C@@H](NC(C)=O)[C@H]([C@H](O)[C@H](O)CO)O3)O2)[C@H]1O. The summed E-state index contributed by atoms with van der Waals surface area (Å²) in [5.41, 5.74) is 0. The van der Waals surface area contributed by atoms with Gasteiger partial charge in [0.15, 0.2) is 25.2 Å². The van der Waals surface area contributed by atoms with Crippen molar-refractivity contribution < 1.29 is 302 Å². The van der Waals surface area contributed by atoms with Crippen LogP contribution in [0.5, 0.6) is 0 Å². The molecule has 39 N–H and O–H groups in total. The monoisotopic (exact) mass is 2160 g/mol. The van der Waals surface area contributed by atoms with Crippen LogP contribution in [0.15, 0.2) is 0 Å². The van der Waals surface area contributed by atoms with Gasteiger partial charge in [-0.15, -0.1) is 0 Å². The number of aliphatic hydroxyl groups is 28. The van der Waals surface area contributed by atoms with E-state index in [9.17, 15) is 221 Å². The Morgan fingerprint density at radius 3 is 0.824 bits per heavy atom. The highest BCUT2D eigenvalue weighted by atomic mass is 16.8. The van der Waals surface area contributed by atoms with Gasteiger partial charge in [0, 0.05) is 73.6 Å². The molecule has 6 amide bonds. The summed E-state index contributed by atoms with van der Waals surface area (Å²) in [4.78, 5) is 147. The lowest BCUT2D eigenvalue weighted by Crippen LogP contribution is -2.73. The number of hydrogen-bond acceptors (Lipinski definition) is 56. The zero-order valence-electron chi connectivity index (χ0n) is 79.1. The van der Waals surface area contributed by atoms with Gasteiger partial charge in [-0.25, -0.2) is 24.0 Å². The molecule has 0 aliphatic carbocycles. The largest absolute Gasteiger partial charge is 0.477 e. The quantitative estimate of drug-likeness (QED) is 0.0269. The molecule has 0 aromatic rings. The first-order valence-electron chi connectivity index (χ1n) is 45.8. The maximum atomic E-state index is 14.6.